The molecule has 0 fully saturated rings. The van der Waals surface area contributed by atoms with E-state index in [0.29, 0.717) is 18.1 Å². The third-order valence-electron chi connectivity index (χ3n) is 3.53. The van der Waals surface area contributed by atoms with E-state index in [-0.39, 0.29) is 0 Å². The minimum absolute atomic E-state index is 0.507. The monoisotopic (exact) mass is 364 g/mol. The van der Waals surface area contributed by atoms with Gasteiger partial charge in [-0.2, -0.15) is 0 Å². The van der Waals surface area contributed by atoms with Gasteiger partial charge in [-0.3, -0.25) is 4.52 Å². The van der Waals surface area contributed by atoms with Gasteiger partial charge in [-0.1, -0.05) is 42.3 Å². The molecule has 0 bridgehead atoms. The van der Waals surface area contributed by atoms with Crippen molar-refractivity contribution in [3.05, 3.63) is 58.7 Å². The highest BCUT2D eigenvalue weighted by Gasteiger charge is 2.26. The Bertz CT molecular complexity index is 701. The second-order valence-electron chi connectivity index (χ2n) is 6.00. The zero-order valence-electron chi connectivity index (χ0n) is 15.0. The molecule has 3 nitrogen and oxygen atoms in total. The van der Waals surface area contributed by atoms with Gasteiger partial charge < -0.3 is 9.05 Å². The van der Waals surface area contributed by atoms with Crippen molar-refractivity contribution in [2.75, 3.05) is 6.61 Å². The summed E-state index contributed by atoms with van der Waals surface area (Å²) in [4.78, 5) is 0. The standard InChI is InChI=1S/C19H25O3PS/c1-6-11-20-23(24,21-18-9-7-14(2)12-16(18)4)22-19-10-8-15(3)13-17(19)5/h7-10,12-13H,6,11H2,1-5H3. The van der Waals surface area contributed by atoms with E-state index < -0.39 is 6.72 Å². The average molecular weight is 364 g/mol. The van der Waals surface area contributed by atoms with E-state index in [1.54, 1.807) is 0 Å². The van der Waals surface area contributed by atoms with Crippen LogP contribution in [0.2, 0.25) is 0 Å². The van der Waals surface area contributed by atoms with Crippen molar-refractivity contribution in [1.82, 2.24) is 0 Å². The van der Waals surface area contributed by atoms with Crippen molar-refractivity contribution in [3.63, 3.8) is 0 Å². The largest absolute Gasteiger partial charge is 0.434 e. The zero-order chi connectivity index (χ0) is 17.7. The highest BCUT2D eigenvalue weighted by atomic mass is 32.5. The lowest BCUT2D eigenvalue weighted by Gasteiger charge is -2.24. The van der Waals surface area contributed by atoms with Gasteiger partial charge in [-0.15, -0.1) is 0 Å². The van der Waals surface area contributed by atoms with Crippen molar-refractivity contribution >= 4 is 18.5 Å². The maximum atomic E-state index is 6.06. The first-order valence-corrected chi connectivity index (χ1v) is 10.7. The summed E-state index contributed by atoms with van der Waals surface area (Å²) < 4.78 is 18.0. The fourth-order valence-electron chi connectivity index (χ4n) is 2.32. The molecule has 2 rings (SSSR count). The number of benzene rings is 2. The van der Waals surface area contributed by atoms with E-state index in [4.69, 9.17) is 25.4 Å². The van der Waals surface area contributed by atoms with Crippen molar-refractivity contribution in [3.8, 4) is 11.5 Å². The molecule has 0 N–H and O–H groups in total. The van der Waals surface area contributed by atoms with Crippen LogP contribution in [0.3, 0.4) is 0 Å². The molecule has 0 radical (unpaired) electrons. The SMILES string of the molecule is CCCOP(=S)(Oc1ccc(C)cc1C)Oc1ccc(C)cc1C. The van der Waals surface area contributed by atoms with Crippen LogP contribution in [-0.2, 0) is 16.3 Å². The van der Waals surface area contributed by atoms with Crippen LogP contribution in [0, 0.1) is 27.7 Å². The predicted octanol–water partition coefficient (Wildman–Crippen LogP) is 6.03. The lowest BCUT2D eigenvalue weighted by molar-refractivity contribution is 0.262. The molecule has 0 amide bonds. The first-order chi connectivity index (χ1) is 11.3. The van der Waals surface area contributed by atoms with Gasteiger partial charge in [-0.25, -0.2) is 0 Å². The minimum atomic E-state index is -2.93. The lowest BCUT2D eigenvalue weighted by atomic mass is 10.1. The number of hydrogen-bond donors (Lipinski definition) is 0. The van der Waals surface area contributed by atoms with Crippen LogP contribution < -0.4 is 9.05 Å². The van der Waals surface area contributed by atoms with Crippen molar-refractivity contribution in [1.29, 1.82) is 0 Å². The molecule has 2 aromatic carbocycles. The Morgan fingerprint density at radius 2 is 1.29 bits per heavy atom. The van der Waals surface area contributed by atoms with Crippen LogP contribution in [0.5, 0.6) is 11.5 Å². The first-order valence-electron chi connectivity index (χ1n) is 8.11. The first kappa shape index (κ1) is 19.0. The summed E-state index contributed by atoms with van der Waals surface area (Å²) in [6.07, 6.45) is 0.852. The molecule has 24 heavy (non-hydrogen) atoms. The molecule has 2 aromatic rings. The molecule has 0 saturated carbocycles. The van der Waals surface area contributed by atoms with E-state index in [9.17, 15) is 0 Å². The van der Waals surface area contributed by atoms with E-state index in [1.807, 2.05) is 58.9 Å². The normalized spacial score (nSPS) is 11.4. The fourth-order valence-corrected chi connectivity index (χ4v) is 4.46. The maximum absolute atomic E-state index is 6.06. The van der Waals surface area contributed by atoms with Gasteiger partial charge in [0.25, 0.3) is 0 Å². The fraction of sp³-hybridized carbons (Fsp3) is 0.368. The highest BCUT2D eigenvalue weighted by molar-refractivity contribution is 8.07. The van der Waals surface area contributed by atoms with Gasteiger partial charge in [0.1, 0.15) is 11.5 Å². The van der Waals surface area contributed by atoms with Crippen molar-refractivity contribution in [2.24, 2.45) is 0 Å². The van der Waals surface area contributed by atoms with E-state index >= 15 is 0 Å². The van der Waals surface area contributed by atoms with Gasteiger partial charge in [0.15, 0.2) is 0 Å². The van der Waals surface area contributed by atoms with Crippen molar-refractivity contribution in [2.45, 2.75) is 41.0 Å². The summed E-state index contributed by atoms with van der Waals surface area (Å²) >= 11 is 5.66. The molecule has 5 heteroatoms. The van der Waals surface area contributed by atoms with E-state index in [0.717, 1.165) is 17.5 Å². The molecular formula is C19H25O3PS. The van der Waals surface area contributed by atoms with Crippen LogP contribution in [0.25, 0.3) is 0 Å². The van der Waals surface area contributed by atoms with E-state index in [1.165, 1.54) is 11.1 Å². The topological polar surface area (TPSA) is 27.7 Å². The summed E-state index contributed by atoms with van der Waals surface area (Å²) in [5.41, 5.74) is 4.40. The molecule has 0 aliphatic carbocycles. The van der Waals surface area contributed by atoms with Gasteiger partial charge >= 0.3 is 6.72 Å². The molecule has 130 valence electrons. The van der Waals surface area contributed by atoms with Gasteiger partial charge in [-0.05, 0) is 57.4 Å². The molecule has 0 aromatic heterocycles. The molecule has 0 aliphatic heterocycles. The Hall–Kier alpha value is -1.35. The molecular weight excluding hydrogens is 339 g/mol. The Labute approximate surface area is 150 Å². The summed E-state index contributed by atoms with van der Waals surface area (Å²) in [6.45, 7) is 7.71. The predicted molar refractivity (Wildman–Crippen MR) is 104 cm³/mol. The Kier molecular flexibility index (Phi) is 6.45. The number of hydrogen-bond acceptors (Lipinski definition) is 4. The minimum Gasteiger partial charge on any atom is -0.415 e. The van der Waals surface area contributed by atoms with E-state index in [2.05, 4.69) is 12.1 Å². The third kappa shape index (κ3) is 5.07. The quantitative estimate of drug-likeness (QED) is 0.561. The maximum Gasteiger partial charge on any atom is 0.434 e. The molecule has 0 saturated heterocycles. The van der Waals surface area contributed by atoms with Crippen LogP contribution in [-0.4, -0.2) is 6.61 Å². The summed E-state index contributed by atoms with van der Waals surface area (Å²) in [7, 11) is 0. The highest BCUT2D eigenvalue weighted by Crippen LogP contribution is 2.51. The Morgan fingerprint density at radius 3 is 1.67 bits per heavy atom. The van der Waals surface area contributed by atoms with Crippen molar-refractivity contribution < 1.29 is 13.6 Å². The van der Waals surface area contributed by atoms with Gasteiger partial charge in [0.05, 0.1) is 6.61 Å². The molecule has 0 aliphatic rings. The third-order valence-corrected chi connectivity index (χ3v) is 5.64. The second-order valence-corrected chi connectivity index (χ2v) is 8.86. The summed E-state index contributed by atoms with van der Waals surface area (Å²) in [5.74, 6) is 1.43. The molecule has 0 heterocycles. The average Bonchev–Trinajstić information content (AvgIpc) is 2.51. The zero-order valence-corrected chi connectivity index (χ0v) is 16.7. The number of aryl methyl sites for hydroxylation is 4. The molecule has 0 atom stereocenters. The van der Waals surface area contributed by atoms with Crippen LogP contribution in [0.4, 0.5) is 0 Å². The Morgan fingerprint density at radius 1 is 0.833 bits per heavy atom. The van der Waals surface area contributed by atoms with Crippen LogP contribution in [0.1, 0.15) is 35.6 Å². The second kappa shape index (κ2) is 8.15. The molecule has 0 spiro atoms. The Balaban J connectivity index is 2.29. The van der Waals surface area contributed by atoms with Crippen LogP contribution in [0.15, 0.2) is 36.4 Å². The molecule has 0 unspecified atom stereocenters. The van der Waals surface area contributed by atoms with Gasteiger partial charge in [0.2, 0.25) is 0 Å². The van der Waals surface area contributed by atoms with Crippen LogP contribution >= 0.6 is 6.72 Å². The lowest BCUT2D eigenvalue weighted by Crippen LogP contribution is -2.07. The summed E-state index contributed by atoms with van der Waals surface area (Å²) in [5, 5.41) is 0. The van der Waals surface area contributed by atoms with Gasteiger partial charge in [0, 0.05) is 11.8 Å². The number of rotatable bonds is 7. The smallest absolute Gasteiger partial charge is 0.415 e. The summed E-state index contributed by atoms with van der Waals surface area (Å²) in [6, 6.07) is 12.0.